The Balaban J connectivity index is 1.72. The number of benzene rings is 3. The number of rotatable bonds is 5. The highest BCUT2D eigenvalue weighted by Gasteiger charge is 2.12. The molecular formula is C22H19NO3. The first-order chi connectivity index (χ1) is 12.7. The lowest BCUT2D eigenvalue weighted by Crippen LogP contribution is -2.23. The van der Waals surface area contributed by atoms with Crippen LogP contribution in [0.3, 0.4) is 0 Å². The van der Waals surface area contributed by atoms with E-state index in [-0.39, 0.29) is 11.9 Å². The number of ether oxygens (including phenoxy) is 1. The SMILES string of the molecule is COC(=O)c1ccc(CNC(=O)c2ccccc2-c2ccccc2)cc1. The van der Waals surface area contributed by atoms with Gasteiger partial charge in [0.2, 0.25) is 0 Å². The summed E-state index contributed by atoms with van der Waals surface area (Å²) < 4.78 is 4.68. The number of nitrogens with one attached hydrogen (secondary N) is 1. The second kappa shape index (κ2) is 8.12. The van der Waals surface area contributed by atoms with Gasteiger partial charge in [-0.15, -0.1) is 0 Å². The molecule has 4 nitrogen and oxygen atoms in total. The molecule has 0 saturated carbocycles. The van der Waals surface area contributed by atoms with Gasteiger partial charge < -0.3 is 10.1 Å². The molecule has 3 aromatic carbocycles. The second-order valence-corrected chi connectivity index (χ2v) is 5.78. The fraction of sp³-hybridized carbons (Fsp3) is 0.0909. The van der Waals surface area contributed by atoms with Gasteiger partial charge in [0, 0.05) is 12.1 Å². The van der Waals surface area contributed by atoms with Gasteiger partial charge in [-0.25, -0.2) is 4.79 Å². The van der Waals surface area contributed by atoms with Crippen LogP contribution in [-0.4, -0.2) is 19.0 Å². The summed E-state index contributed by atoms with van der Waals surface area (Å²) in [6, 6.07) is 24.3. The van der Waals surface area contributed by atoms with E-state index >= 15 is 0 Å². The Morgan fingerprint density at radius 2 is 1.50 bits per heavy atom. The molecule has 4 heteroatoms. The molecule has 0 aliphatic carbocycles. The van der Waals surface area contributed by atoms with E-state index < -0.39 is 0 Å². The molecule has 0 aromatic heterocycles. The average molecular weight is 345 g/mol. The highest BCUT2D eigenvalue weighted by atomic mass is 16.5. The van der Waals surface area contributed by atoms with Crippen molar-refractivity contribution in [1.29, 1.82) is 0 Å². The molecule has 0 aliphatic rings. The van der Waals surface area contributed by atoms with E-state index in [1.807, 2.05) is 54.6 Å². The van der Waals surface area contributed by atoms with Crippen molar-refractivity contribution >= 4 is 11.9 Å². The molecule has 0 bridgehead atoms. The monoisotopic (exact) mass is 345 g/mol. The number of carbonyl (C=O) groups excluding carboxylic acids is 2. The Labute approximate surface area is 152 Å². The normalized spacial score (nSPS) is 10.2. The zero-order chi connectivity index (χ0) is 18.4. The van der Waals surface area contributed by atoms with Crippen LogP contribution in [0.25, 0.3) is 11.1 Å². The summed E-state index contributed by atoms with van der Waals surface area (Å²) in [6.45, 7) is 0.378. The van der Waals surface area contributed by atoms with Crippen molar-refractivity contribution in [3.8, 4) is 11.1 Å². The lowest BCUT2D eigenvalue weighted by atomic mass is 9.99. The molecule has 0 unspecified atom stereocenters. The smallest absolute Gasteiger partial charge is 0.337 e. The quantitative estimate of drug-likeness (QED) is 0.709. The molecule has 0 saturated heterocycles. The van der Waals surface area contributed by atoms with Gasteiger partial charge in [-0.3, -0.25) is 4.79 Å². The molecule has 26 heavy (non-hydrogen) atoms. The van der Waals surface area contributed by atoms with E-state index in [4.69, 9.17) is 0 Å². The van der Waals surface area contributed by atoms with Gasteiger partial charge in [-0.1, -0.05) is 60.7 Å². The number of amides is 1. The van der Waals surface area contributed by atoms with Gasteiger partial charge in [0.1, 0.15) is 0 Å². The molecule has 0 atom stereocenters. The number of carbonyl (C=O) groups is 2. The van der Waals surface area contributed by atoms with Crippen LogP contribution in [0.4, 0.5) is 0 Å². The maximum Gasteiger partial charge on any atom is 0.337 e. The van der Waals surface area contributed by atoms with Crippen LogP contribution in [0.15, 0.2) is 78.9 Å². The fourth-order valence-electron chi connectivity index (χ4n) is 2.70. The summed E-state index contributed by atoms with van der Waals surface area (Å²) in [4.78, 5) is 24.1. The minimum absolute atomic E-state index is 0.138. The highest BCUT2D eigenvalue weighted by molar-refractivity contribution is 6.00. The van der Waals surface area contributed by atoms with Gasteiger partial charge in [-0.2, -0.15) is 0 Å². The number of methoxy groups -OCH3 is 1. The van der Waals surface area contributed by atoms with Crippen molar-refractivity contribution in [3.05, 3.63) is 95.6 Å². The van der Waals surface area contributed by atoms with Crippen LogP contribution in [0.5, 0.6) is 0 Å². The Morgan fingerprint density at radius 3 is 2.19 bits per heavy atom. The van der Waals surface area contributed by atoms with Crippen LogP contribution < -0.4 is 5.32 Å². The molecule has 0 heterocycles. The lowest BCUT2D eigenvalue weighted by Gasteiger charge is -2.11. The number of esters is 1. The fourth-order valence-corrected chi connectivity index (χ4v) is 2.70. The van der Waals surface area contributed by atoms with Crippen LogP contribution in [-0.2, 0) is 11.3 Å². The molecule has 3 aromatic rings. The highest BCUT2D eigenvalue weighted by Crippen LogP contribution is 2.23. The van der Waals surface area contributed by atoms with Crippen molar-refractivity contribution in [1.82, 2.24) is 5.32 Å². The second-order valence-electron chi connectivity index (χ2n) is 5.78. The first-order valence-corrected chi connectivity index (χ1v) is 8.29. The molecule has 3 rings (SSSR count). The summed E-state index contributed by atoms with van der Waals surface area (Å²) in [7, 11) is 1.35. The van der Waals surface area contributed by atoms with Crippen LogP contribution in [0, 0.1) is 0 Å². The summed E-state index contributed by atoms with van der Waals surface area (Å²) in [5, 5.41) is 2.93. The molecule has 130 valence electrons. The number of hydrogen-bond donors (Lipinski definition) is 1. The maximum atomic E-state index is 12.6. The molecule has 0 fully saturated rings. The van der Waals surface area contributed by atoms with E-state index in [9.17, 15) is 9.59 Å². The Bertz CT molecular complexity index is 902. The topological polar surface area (TPSA) is 55.4 Å². The predicted octanol–water partition coefficient (Wildman–Crippen LogP) is 4.07. The van der Waals surface area contributed by atoms with E-state index in [0.29, 0.717) is 17.7 Å². The van der Waals surface area contributed by atoms with Gasteiger partial charge >= 0.3 is 5.97 Å². The first kappa shape index (κ1) is 17.4. The van der Waals surface area contributed by atoms with E-state index in [0.717, 1.165) is 16.7 Å². The first-order valence-electron chi connectivity index (χ1n) is 8.29. The minimum atomic E-state index is -0.377. The third-order valence-corrected chi connectivity index (χ3v) is 4.08. The zero-order valence-electron chi connectivity index (χ0n) is 14.4. The van der Waals surface area contributed by atoms with E-state index in [2.05, 4.69) is 10.1 Å². The Morgan fingerprint density at radius 1 is 0.846 bits per heavy atom. The Kier molecular flexibility index (Phi) is 5.44. The molecule has 0 aliphatic heterocycles. The van der Waals surface area contributed by atoms with Crippen molar-refractivity contribution in [3.63, 3.8) is 0 Å². The van der Waals surface area contributed by atoms with Crippen molar-refractivity contribution < 1.29 is 14.3 Å². The zero-order valence-corrected chi connectivity index (χ0v) is 14.4. The average Bonchev–Trinajstić information content (AvgIpc) is 2.72. The van der Waals surface area contributed by atoms with Gasteiger partial charge in [0.05, 0.1) is 12.7 Å². The molecule has 1 N–H and O–H groups in total. The maximum absolute atomic E-state index is 12.6. The summed E-state index contributed by atoms with van der Waals surface area (Å²) in [6.07, 6.45) is 0. The van der Waals surface area contributed by atoms with Crippen molar-refractivity contribution in [2.24, 2.45) is 0 Å². The van der Waals surface area contributed by atoms with Crippen LogP contribution in [0.1, 0.15) is 26.3 Å². The molecular weight excluding hydrogens is 326 g/mol. The summed E-state index contributed by atoms with van der Waals surface area (Å²) in [5.74, 6) is -0.515. The standard InChI is InChI=1S/C22H19NO3/c1-26-22(25)18-13-11-16(12-14-18)15-23-21(24)20-10-6-5-9-19(20)17-7-3-2-4-8-17/h2-14H,15H2,1H3,(H,23,24). The van der Waals surface area contributed by atoms with Crippen molar-refractivity contribution in [2.45, 2.75) is 6.54 Å². The van der Waals surface area contributed by atoms with Crippen molar-refractivity contribution in [2.75, 3.05) is 7.11 Å². The predicted molar refractivity (Wildman–Crippen MR) is 101 cm³/mol. The molecule has 1 amide bonds. The Hall–Kier alpha value is -3.40. The molecule has 0 spiro atoms. The van der Waals surface area contributed by atoms with Gasteiger partial charge in [0.15, 0.2) is 0 Å². The van der Waals surface area contributed by atoms with E-state index in [1.54, 1.807) is 24.3 Å². The molecule has 0 radical (unpaired) electrons. The van der Waals surface area contributed by atoms with Gasteiger partial charge in [0.25, 0.3) is 5.91 Å². The third kappa shape index (κ3) is 3.98. The van der Waals surface area contributed by atoms with Gasteiger partial charge in [-0.05, 0) is 34.9 Å². The summed E-state index contributed by atoms with van der Waals surface area (Å²) in [5.41, 5.74) is 3.91. The van der Waals surface area contributed by atoms with Crippen LogP contribution >= 0.6 is 0 Å². The van der Waals surface area contributed by atoms with E-state index in [1.165, 1.54) is 7.11 Å². The summed E-state index contributed by atoms with van der Waals surface area (Å²) >= 11 is 0. The largest absolute Gasteiger partial charge is 0.465 e. The minimum Gasteiger partial charge on any atom is -0.465 e. The van der Waals surface area contributed by atoms with Crippen LogP contribution in [0.2, 0.25) is 0 Å². The third-order valence-electron chi connectivity index (χ3n) is 4.08. The lowest BCUT2D eigenvalue weighted by molar-refractivity contribution is 0.0600. The number of hydrogen-bond acceptors (Lipinski definition) is 3.